The van der Waals surface area contributed by atoms with Crippen molar-refractivity contribution in [1.82, 2.24) is 14.7 Å². The minimum absolute atomic E-state index is 0.0770. The van der Waals surface area contributed by atoms with Gasteiger partial charge in [0.25, 0.3) is 0 Å². The van der Waals surface area contributed by atoms with Crippen molar-refractivity contribution in [2.75, 3.05) is 39.8 Å². The third kappa shape index (κ3) is 6.36. The van der Waals surface area contributed by atoms with E-state index in [9.17, 15) is 22.8 Å². The first-order valence-electron chi connectivity index (χ1n) is 13.9. The van der Waals surface area contributed by atoms with Gasteiger partial charge in [0, 0.05) is 62.7 Å². The molecular formula is C31H40F3N3O3. The zero-order valence-corrected chi connectivity index (χ0v) is 24.2. The fourth-order valence-electron chi connectivity index (χ4n) is 6.05. The van der Waals surface area contributed by atoms with Crippen LogP contribution in [0.4, 0.5) is 13.2 Å². The van der Waals surface area contributed by atoms with Crippen LogP contribution in [0.3, 0.4) is 0 Å². The average Bonchev–Trinajstić information content (AvgIpc) is 3.33. The SMILES string of the molecule is COC(=O)[C@H](Cc1ccc(C)cc1F)N1CCN(C(=O)[C@@H]2CN(C(C)(C)C)C[C@H]2c2ccc(F)cc2F)[C@@H](C)C1. The van der Waals surface area contributed by atoms with Crippen LogP contribution in [0.2, 0.25) is 0 Å². The number of ether oxygens (including phenoxy) is 1. The molecule has 2 aliphatic heterocycles. The van der Waals surface area contributed by atoms with Crippen LogP contribution in [0.25, 0.3) is 0 Å². The van der Waals surface area contributed by atoms with E-state index in [4.69, 9.17) is 4.74 Å². The van der Waals surface area contributed by atoms with Gasteiger partial charge in [0.1, 0.15) is 23.5 Å². The summed E-state index contributed by atoms with van der Waals surface area (Å²) in [5.74, 6) is -3.08. The molecule has 6 nitrogen and oxygen atoms in total. The van der Waals surface area contributed by atoms with Crippen LogP contribution in [0.5, 0.6) is 0 Å². The van der Waals surface area contributed by atoms with Crippen molar-refractivity contribution in [2.24, 2.45) is 5.92 Å². The van der Waals surface area contributed by atoms with Gasteiger partial charge in [-0.3, -0.25) is 19.4 Å². The van der Waals surface area contributed by atoms with Gasteiger partial charge in [-0.15, -0.1) is 0 Å². The van der Waals surface area contributed by atoms with E-state index in [0.717, 1.165) is 11.6 Å². The monoisotopic (exact) mass is 559 g/mol. The second kappa shape index (κ2) is 11.9. The number of piperazine rings is 1. The lowest BCUT2D eigenvalue weighted by molar-refractivity contribution is -0.150. The molecule has 40 heavy (non-hydrogen) atoms. The summed E-state index contributed by atoms with van der Waals surface area (Å²) in [5.41, 5.74) is 1.35. The summed E-state index contributed by atoms with van der Waals surface area (Å²) in [6, 6.07) is 7.60. The van der Waals surface area contributed by atoms with E-state index >= 15 is 0 Å². The molecule has 0 spiro atoms. The van der Waals surface area contributed by atoms with E-state index < -0.39 is 35.5 Å². The van der Waals surface area contributed by atoms with Crippen LogP contribution in [0.1, 0.15) is 50.3 Å². The van der Waals surface area contributed by atoms with Crippen LogP contribution < -0.4 is 0 Å². The number of hydrogen-bond acceptors (Lipinski definition) is 5. The standard InChI is InChI=1S/C31H40F3N3O3/c1-19-7-8-21(26(33)13-19)14-28(30(39)40-6)35-11-12-37(20(2)16-35)29(38)25-18-36(31(3,4)5)17-24(25)23-10-9-22(32)15-27(23)34/h7-10,13,15,20,24-25,28H,11-12,14,16-18H2,1-6H3/t20-,24-,25+,28-/m0/s1. The molecule has 0 aromatic heterocycles. The zero-order chi connectivity index (χ0) is 29.4. The largest absolute Gasteiger partial charge is 0.468 e. The zero-order valence-electron chi connectivity index (χ0n) is 24.2. The molecule has 2 heterocycles. The Labute approximate surface area is 235 Å². The van der Waals surface area contributed by atoms with Crippen molar-refractivity contribution in [3.63, 3.8) is 0 Å². The highest BCUT2D eigenvalue weighted by molar-refractivity contribution is 5.81. The number of nitrogens with zero attached hydrogens (tertiary/aromatic N) is 3. The third-order valence-electron chi connectivity index (χ3n) is 8.43. The molecule has 0 saturated carbocycles. The van der Waals surface area contributed by atoms with Crippen molar-refractivity contribution in [1.29, 1.82) is 0 Å². The maximum absolute atomic E-state index is 14.9. The summed E-state index contributed by atoms with van der Waals surface area (Å²) in [7, 11) is 1.32. The van der Waals surface area contributed by atoms with Crippen molar-refractivity contribution < 1.29 is 27.5 Å². The second-order valence-electron chi connectivity index (χ2n) is 12.2. The van der Waals surface area contributed by atoms with Gasteiger partial charge in [-0.05, 0) is 63.4 Å². The summed E-state index contributed by atoms with van der Waals surface area (Å²) in [5, 5.41) is 0. The van der Waals surface area contributed by atoms with Gasteiger partial charge < -0.3 is 9.64 Å². The van der Waals surface area contributed by atoms with E-state index in [1.54, 1.807) is 6.07 Å². The Hall–Kier alpha value is -2.91. The Morgan fingerprint density at radius 2 is 1.73 bits per heavy atom. The number of benzene rings is 2. The minimum Gasteiger partial charge on any atom is -0.468 e. The number of methoxy groups -OCH3 is 1. The number of carbonyl (C=O) groups excluding carboxylic acids is 2. The van der Waals surface area contributed by atoms with Crippen LogP contribution in [0.15, 0.2) is 36.4 Å². The molecular weight excluding hydrogens is 519 g/mol. The lowest BCUT2D eigenvalue weighted by Gasteiger charge is -2.43. The summed E-state index contributed by atoms with van der Waals surface area (Å²) < 4.78 is 48.3. The van der Waals surface area contributed by atoms with Gasteiger partial charge >= 0.3 is 5.97 Å². The Kier molecular flexibility index (Phi) is 8.95. The lowest BCUT2D eigenvalue weighted by atomic mass is 9.87. The average molecular weight is 560 g/mol. The number of carbonyl (C=O) groups is 2. The molecule has 0 N–H and O–H groups in total. The van der Waals surface area contributed by atoms with E-state index in [1.807, 2.05) is 29.7 Å². The molecule has 0 bridgehead atoms. The second-order valence-corrected chi connectivity index (χ2v) is 12.2. The predicted octanol–water partition coefficient (Wildman–Crippen LogP) is 4.54. The van der Waals surface area contributed by atoms with E-state index in [0.29, 0.717) is 43.9 Å². The summed E-state index contributed by atoms with van der Waals surface area (Å²) in [6.07, 6.45) is 0.161. The highest BCUT2D eigenvalue weighted by atomic mass is 19.1. The maximum atomic E-state index is 14.9. The van der Waals surface area contributed by atoms with Gasteiger partial charge in [0.05, 0.1) is 13.0 Å². The highest BCUT2D eigenvalue weighted by Gasteiger charge is 2.46. The first-order chi connectivity index (χ1) is 18.8. The van der Waals surface area contributed by atoms with Gasteiger partial charge in [0.15, 0.2) is 0 Å². The van der Waals surface area contributed by atoms with E-state index in [2.05, 4.69) is 25.7 Å². The number of esters is 1. The smallest absolute Gasteiger partial charge is 0.323 e. The summed E-state index contributed by atoms with van der Waals surface area (Å²) in [4.78, 5) is 32.7. The van der Waals surface area contributed by atoms with E-state index in [1.165, 1.54) is 25.3 Å². The lowest BCUT2D eigenvalue weighted by Crippen LogP contribution is -2.59. The molecule has 2 fully saturated rings. The number of aryl methyl sites for hydroxylation is 1. The van der Waals surface area contributed by atoms with Crippen molar-refractivity contribution >= 4 is 11.9 Å². The molecule has 0 aliphatic carbocycles. The maximum Gasteiger partial charge on any atom is 0.323 e. The summed E-state index contributed by atoms with van der Waals surface area (Å²) in [6.45, 7) is 12.1. The normalized spacial score (nSPS) is 23.3. The van der Waals surface area contributed by atoms with Crippen LogP contribution in [-0.2, 0) is 20.7 Å². The molecule has 9 heteroatoms. The Morgan fingerprint density at radius 1 is 1.00 bits per heavy atom. The third-order valence-corrected chi connectivity index (χ3v) is 8.43. The molecule has 2 saturated heterocycles. The molecule has 1 amide bonds. The predicted molar refractivity (Wildman–Crippen MR) is 147 cm³/mol. The first-order valence-corrected chi connectivity index (χ1v) is 13.9. The molecule has 2 aliphatic rings. The minimum atomic E-state index is -0.689. The topological polar surface area (TPSA) is 53.1 Å². The molecule has 2 aromatic rings. The highest BCUT2D eigenvalue weighted by Crippen LogP contribution is 2.39. The number of rotatable bonds is 6. The van der Waals surface area contributed by atoms with Crippen molar-refractivity contribution in [3.8, 4) is 0 Å². The Balaban J connectivity index is 1.53. The van der Waals surface area contributed by atoms with Crippen LogP contribution in [-0.4, -0.2) is 84.0 Å². The number of amides is 1. The number of halogens is 3. The molecule has 2 aromatic carbocycles. The number of likely N-dealkylation sites (tertiary alicyclic amines) is 1. The van der Waals surface area contributed by atoms with Crippen molar-refractivity contribution in [2.45, 2.75) is 64.6 Å². The molecule has 0 unspecified atom stereocenters. The fraction of sp³-hybridized carbons (Fsp3) is 0.548. The van der Waals surface area contributed by atoms with Gasteiger partial charge in [0.2, 0.25) is 5.91 Å². The Bertz CT molecular complexity index is 1250. The van der Waals surface area contributed by atoms with Crippen LogP contribution in [0, 0.1) is 30.3 Å². The van der Waals surface area contributed by atoms with E-state index in [-0.39, 0.29) is 29.7 Å². The van der Waals surface area contributed by atoms with Crippen molar-refractivity contribution in [3.05, 3.63) is 70.5 Å². The van der Waals surface area contributed by atoms with Crippen LogP contribution >= 0.6 is 0 Å². The summed E-state index contributed by atoms with van der Waals surface area (Å²) >= 11 is 0. The molecule has 218 valence electrons. The first kappa shape index (κ1) is 30.1. The fourth-order valence-corrected chi connectivity index (χ4v) is 6.05. The Morgan fingerprint density at radius 3 is 2.33 bits per heavy atom. The van der Waals surface area contributed by atoms with Gasteiger partial charge in [-0.2, -0.15) is 0 Å². The molecule has 0 radical (unpaired) electrons. The van der Waals surface area contributed by atoms with Gasteiger partial charge in [-0.1, -0.05) is 18.2 Å². The quantitative estimate of drug-likeness (QED) is 0.487. The molecule has 4 rings (SSSR count). The van der Waals surface area contributed by atoms with Gasteiger partial charge in [-0.25, -0.2) is 13.2 Å². The number of hydrogen-bond donors (Lipinski definition) is 0. The molecule has 4 atom stereocenters.